The lowest BCUT2D eigenvalue weighted by atomic mass is 10.4. The van der Waals surface area contributed by atoms with Crippen molar-refractivity contribution in [2.45, 2.75) is 13.1 Å². The minimum Gasteiger partial charge on any atom is -0.467 e. The normalized spacial score (nSPS) is 11.6. The number of hydrogen-bond acceptors (Lipinski definition) is 4. The van der Waals surface area contributed by atoms with Crippen LogP contribution in [0.1, 0.15) is 11.5 Å². The molecule has 2 rings (SSSR count). The van der Waals surface area contributed by atoms with Crippen molar-refractivity contribution in [2.24, 2.45) is 12.0 Å². The molecule has 0 fully saturated rings. The van der Waals surface area contributed by atoms with E-state index in [-0.39, 0.29) is 0 Å². The summed E-state index contributed by atoms with van der Waals surface area (Å²) < 4.78 is 7.43. The molecule has 0 saturated carbocycles. The van der Waals surface area contributed by atoms with Crippen molar-refractivity contribution in [2.75, 3.05) is 33.1 Å². The number of aliphatic imine (C=N–C) groups is 1. The third-order valence-corrected chi connectivity index (χ3v) is 3.43. The van der Waals surface area contributed by atoms with Crippen LogP contribution in [-0.4, -0.2) is 48.6 Å². The Kier molecular flexibility index (Phi) is 5.08. The fourth-order valence-electron chi connectivity index (χ4n) is 2.28. The maximum Gasteiger partial charge on any atom is 0.204 e. The molecule has 0 atom stereocenters. The first-order valence-electron chi connectivity index (χ1n) is 7.15. The van der Waals surface area contributed by atoms with Crippen molar-refractivity contribution in [1.29, 1.82) is 0 Å². The Bertz CT molecular complexity index is 614. The van der Waals surface area contributed by atoms with E-state index in [9.17, 15) is 0 Å². The number of hydrogen-bond donors (Lipinski definition) is 1. The highest BCUT2D eigenvalue weighted by Crippen LogP contribution is 2.11. The summed E-state index contributed by atoms with van der Waals surface area (Å²) in [6.07, 6.45) is 3.56. The molecule has 7 nitrogen and oxygen atoms in total. The minimum atomic E-state index is 0.659. The number of imidazole rings is 1. The Hall–Kier alpha value is -2.44. The average molecular weight is 304 g/mol. The molecular weight excluding hydrogens is 280 g/mol. The molecule has 2 aromatic heterocycles. The molecule has 0 aliphatic heterocycles. The molecule has 0 aromatic carbocycles. The molecule has 0 radical (unpaired) electrons. The molecule has 2 aromatic rings. The molecule has 120 valence electrons. The van der Waals surface area contributed by atoms with Crippen LogP contribution >= 0.6 is 0 Å². The van der Waals surface area contributed by atoms with E-state index in [4.69, 9.17) is 4.42 Å². The van der Waals surface area contributed by atoms with E-state index < -0.39 is 0 Å². The van der Waals surface area contributed by atoms with E-state index >= 15 is 0 Å². The van der Waals surface area contributed by atoms with E-state index in [2.05, 4.69) is 19.9 Å². The van der Waals surface area contributed by atoms with Crippen LogP contribution in [-0.2, 0) is 20.1 Å². The maximum absolute atomic E-state index is 5.37. The van der Waals surface area contributed by atoms with Gasteiger partial charge in [0.2, 0.25) is 5.95 Å². The van der Waals surface area contributed by atoms with Crippen LogP contribution in [0.25, 0.3) is 0 Å². The van der Waals surface area contributed by atoms with Crippen LogP contribution in [0.3, 0.4) is 0 Å². The van der Waals surface area contributed by atoms with Crippen molar-refractivity contribution >= 4 is 11.9 Å². The Labute approximate surface area is 131 Å². The molecule has 0 spiro atoms. The van der Waals surface area contributed by atoms with Crippen LogP contribution in [0.4, 0.5) is 5.95 Å². The van der Waals surface area contributed by atoms with Crippen molar-refractivity contribution < 1.29 is 4.42 Å². The van der Waals surface area contributed by atoms with Gasteiger partial charge >= 0.3 is 0 Å². The molecular formula is C15H24N6O. The summed E-state index contributed by atoms with van der Waals surface area (Å²) >= 11 is 0. The number of anilines is 1. The molecule has 0 saturated heterocycles. The second-order valence-electron chi connectivity index (χ2n) is 5.34. The summed E-state index contributed by atoms with van der Waals surface area (Å²) in [6, 6.07) is 3.84. The minimum absolute atomic E-state index is 0.659. The smallest absolute Gasteiger partial charge is 0.204 e. The van der Waals surface area contributed by atoms with E-state index in [1.54, 1.807) is 13.3 Å². The summed E-state index contributed by atoms with van der Waals surface area (Å²) in [5.74, 6) is 2.64. The van der Waals surface area contributed by atoms with Crippen LogP contribution in [0, 0.1) is 0 Å². The summed E-state index contributed by atoms with van der Waals surface area (Å²) in [6.45, 7) is 1.33. The van der Waals surface area contributed by atoms with Crippen molar-refractivity contribution in [1.82, 2.24) is 19.8 Å². The Morgan fingerprint density at radius 1 is 1.41 bits per heavy atom. The predicted octanol–water partition coefficient (Wildman–Crippen LogP) is 1.29. The third-order valence-electron chi connectivity index (χ3n) is 3.43. The first kappa shape index (κ1) is 15.9. The van der Waals surface area contributed by atoms with Gasteiger partial charge in [-0.15, -0.1) is 0 Å². The lowest BCUT2D eigenvalue weighted by Gasteiger charge is -2.21. The van der Waals surface area contributed by atoms with Crippen LogP contribution in [0.15, 0.2) is 34.0 Å². The van der Waals surface area contributed by atoms with Gasteiger partial charge in [-0.25, -0.2) is 4.98 Å². The van der Waals surface area contributed by atoms with Crippen LogP contribution in [0.2, 0.25) is 0 Å². The second-order valence-corrected chi connectivity index (χ2v) is 5.34. The monoisotopic (exact) mass is 304 g/mol. The van der Waals surface area contributed by atoms with E-state index in [0.717, 1.165) is 23.4 Å². The number of furan rings is 1. The highest BCUT2D eigenvalue weighted by molar-refractivity contribution is 5.79. The first-order valence-corrected chi connectivity index (χ1v) is 7.15. The fourth-order valence-corrected chi connectivity index (χ4v) is 2.28. The van der Waals surface area contributed by atoms with Crippen LogP contribution < -0.4 is 10.2 Å². The molecule has 0 amide bonds. The lowest BCUT2D eigenvalue weighted by molar-refractivity contribution is 0.399. The summed E-state index contributed by atoms with van der Waals surface area (Å²) in [5.41, 5.74) is 1.09. The average Bonchev–Trinajstić information content (AvgIpc) is 3.10. The van der Waals surface area contributed by atoms with Crippen LogP contribution in [0.5, 0.6) is 0 Å². The first-order chi connectivity index (χ1) is 10.5. The summed E-state index contributed by atoms with van der Waals surface area (Å²) in [4.78, 5) is 12.7. The zero-order valence-electron chi connectivity index (χ0n) is 13.9. The highest BCUT2D eigenvalue weighted by atomic mass is 16.3. The number of aromatic nitrogens is 2. The van der Waals surface area contributed by atoms with Crippen molar-refractivity contribution in [3.8, 4) is 0 Å². The van der Waals surface area contributed by atoms with Gasteiger partial charge in [0.15, 0.2) is 5.96 Å². The SMILES string of the molecule is CN=C(NCc1cnc(N(C)C)n1C)N(C)Cc1ccco1. The number of guanidine groups is 1. The van der Waals surface area contributed by atoms with E-state index in [1.807, 2.05) is 56.3 Å². The van der Waals surface area contributed by atoms with Crippen molar-refractivity contribution in [3.05, 3.63) is 36.0 Å². The molecule has 1 N–H and O–H groups in total. The molecule has 7 heteroatoms. The van der Waals surface area contributed by atoms with Gasteiger partial charge in [0.25, 0.3) is 0 Å². The standard InChI is InChI=1S/C15H24N6O/c1-16-14(20(4)11-13-7-6-8-22-13)17-9-12-10-18-15(19(2)3)21(12)5/h6-8,10H,9,11H2,1-5H3,(H,16,17). The van der Waals surface area contributed by atoms with Gasteiger partial charge in [0, 0.05) is 35.2 Å². The van der Waals surface area contributed by atoms with Gasteiger partial charge in [-0.2, -0.15) is 0 Å². The van der Waals surface area contributed by atoms with Gasteiger partial charge in [0.05, 0.1) is 31.2 Å². The molecule has 0 aliphatic rings. The second kappa shape index (κ2) is 7.02. The topological polar surface area (TPSA) is 61.8 Å². The van der Waals surface area contributed by atoms with Gasteiger partial charge < -0.3 is 24.1 Å². The van der Waals surface area contributed by atoms with Crippen molar-refractivity contribution in [3.63, 3.8) is 0 Å². The van der Waals surface area contributed by atoms with Gasteiger partial charge in [0.1, 0.15) is 5.76 Å². The number of nitrogens with one attached hydrogen (secondary N) is 1. The Morgan fingerprint density at radius 3 is 2.73 bits per heavy atom. The molecule has 22 heavy (non-hydrogen) atoms. The number of nitrogens with zero attached hydrogens (tertiary/aromatic N) is 5. The predicted molar refractivity (Wildman–Crippen MR) is 87.9 cm³/mol. The Morgan fingerprint density at radius 2 is 2.18 bits per heavy atom. The van der Waals surface area contributed by atoms with E-state index in [1.165, 1.54) is 0 Å². The number of rotatable bonds is 5. The fraction of sp³-hybridized carbons (Fsp3) is 0.467. The molecule has 0 unspecified atom stereocenters. The zero-order chi connectivity index (χ0) is 16.1. The summed E-state index contributed by atoms with van der Waals surface area (Å²) in [5, 5.41) is 3.35. The van der Waals surface area contributed by atoms with E-state index in [0.29, 0.717) is 13.1 Å². The largest absolute Gasteiger partial charge is 0.467 e. The zero-order valence-corrected chi connectivity index (χ0v) is 13.9. The van der Waals surface area contributed by atoms with Gasteiger partial charge in [-0.3, -0.25) is 4.99 Å². The maximum atomic E-state index is 5.37. The quantitative estimate of drug-likeness (QED) is 0.666. The highest BCUT2D eigenvalue weighted by Gasteiger charge is 2.11. The Balaban J connectivity index is 1.96. The molecule has 0 aliphatic carbocycles. The third kappa shape index (κ3) is 3.60. The van der Waals surface area contributed by atoms with Gasteiger partial charge in [-0.1, -0.05) is 0 Å². The molecule has 0 bridgehead atoms. The van der Waals surface area contributed by atoms with Gasteiger partial charge in [-0.05, 0) is 12.1 Å². The lowest BCUT2D eigenvalue weighted by Crippen LogP contribution is -2.38. The molecule has 2 heterocycles. The summed E-state index contributed by atoms with van der Waals surface area (Å²) in [7, 11) is 9.72.